The van der Waals surface area contributed by atoms with Gasteiger partial charge in [-0.05, 0) is 57.5 Å². The van der Waals surface area contributed by atoms with Gasteiger partial charge in [-0.2, -0.15) is 4.31 Å². The van der Waals surface area contributed by atoms with Gasteiger partial charge in [-0.3, -0.25) is 4.79 Å². The largest absolute Gasteiger partial charge is 0.333 e. The van der Waals surface area contributed by atoms with Crippen LogP contribution >= 0.6 is 0 Å². The van der Waals surface area contributed by atoms with E-state index >= 15 is 0 Å². The highest BCUT2D eigenvalue weighted by Crippen LogP contribution is 2.22. The molecule has 1 aliphatic rings. The van der Waals surface area contributed by atoms with E-state index < -0.39 is 10.0 Å². The summed E-state index contributed by atoms with van der Waals surface area (Å²) in [5, 5.41) is 1.95. The van der Waals surface area contributed by atoms with E-state index in [4.69, 9.17) is 0 Å². The van der Waals surface area contributed by atoms with Gasteiger partial charge in [0.25, 0.3) is 5.91 Å². The van der Waals surface area contributed by atoms with Crippen molar-refractivity contribution >= 4 is 26.7 Å². The molecule has 0 unspecified atom stereocenters. The van der Waals surface area contributed by atoms with Crippen molar-refractivity contribution in [2.45, 2.75) is 57.6 Å². The number of nitrogens with zero attached hydrogens (tertiary/aromatic N) is 2. The van der Waals surface area contributed by atoms with Crippen LogP contribution in [0.2, 0.25) is 0 Å². The van der Waals surface area contributed by atoms with Crippen molar-refractivity contribution in [3.05, 3.63) is 42.5 Å². The van der Waals surface area contributed by atoms with E-state index in [9.17, 15) is 13.2 Å². The Balaban J connectivity index is 1.70. The monoisotopic (exact) mass is 432 g/mol. The molecule has 0 saturated carbocycles. The minimum absolute atomic E-state index is 0.140. The third kappa shape index (κ3) is 4.53. The van der Waals surface area contributed by atoms with Crippen LogP contribution in [0.4, 0.5) is 0 Å². The van der Waals surface area contributed by atoms with Crippen LogP contribution in [0, 0.1) is 0 Å². The number of carbonyl (C=O) groups excluding carboxylic acids is 1. The summed E-state index contributed by atoms with van der Waals surface area (Å²) in [7, 11) is -3.54. The van der Waals surface area contributed by atoms with Crippen molar-refractivity contribution in [3.8, 4) is 0 Å². The molecule has 1 atom stereocenters. The molecule has 1 heterocycles. The number of quaternary nitrogens is 1. The van der Waals surface area contributed by atoms with Gasteiger partial charge in [-0.25, -0.2) is 8.42 Å². The minimum atomic E-state index is -3.54. The zero-order valence-electron chi connectivity index (χ0n) is 18.6. The second-order valence-electron chi connectivity index (χ2n) is 8.73. The summed E-state index contributed by atoms with van der Waals surface area (Å²) in [6.07, 6.45) is 0. The van der Waals surface area contributed by atoms with E-state index in [1.165, 1.54) is 0 Å². The van der Waals surface area contributed by atoms with Gasteiger partial charge in [0, 0.05) is 12.1 Å². The van der Waals surface area contributed by atoms with Crippen LogP contribution in [-0.4, -0.2) is 67.8 Å². The molecule has 1 aliphatic heterocycles. The molecule has 0 radical (unpaired) electrons. The average molecular weight is 433 g/mol. The second-order valence-corrected chi connectivity index (χ2v) is 10.7. The predicted octanol–water partition coefficient (Wildman–Crippen LogP) is 1.76. The lowest BCUT2D eigenvalue weighted by atomic mass is 10.1. The molecule has 0 aromatic heterocycles. The first-order valence-corrected chi connectivity index (χ1v) is 12.2. The number of hydrogen-bond donors (Lipinski definition) is 1. The highest BCUT2D eigenvalue weighted by atomic mass is 32.2. The van der Waals surface area contributed by atoms with Crippen LogP contribution in [0.25, 0.3) is 10.8 Å². The van der Waals surface area contributed by atoms with Crippen molar-refractivity contribution in [1.82, 2.24) is 9.21 Å². The van der Waals surface area contributed by atoms with Gasteiger partial charge in [-0.15, -0.1) is 0 Å². The molecule has 1 N–H and O–H groups in total. The van der Waals surface area contributed by atoms with E-state index in [0.717, 1.165) is 15.7 Å². The quantitative estimate of drug-likeness (QED) is 0.757. The second kappa shape index (κ2) is 9.04. The van der Waals surface area contributed by atoms with Crippen LogP contribution in [0.1, 0.15) is 34.6 Å². The average Bonchev–Trinajstić information content (AvgIpc) is 2.72. The highest BCUT2D eigenvalue weighted by Gasteiger charge is 2.37. The van der Waals surface area contributed by atoms with Crippen LogP contribution in [0.5, 0.6) is 0 Å². The molecule has 0 bridgehead atoms. The number of benzene rings is 2. The van der Waals surface area contributed by atoms with Crippen molar-refractivity contribution in [3.63, 3.8) is 0 Å². The van der Waals surface area contributed by atoms with Crippen LogP contribution in [0.3, 0.4) is 0 Å². The van der Waals surface area contributed by atoms with Gasteiger partial charge < -0.3 is 9.80 Å². The van der Waals surface area contributed by atoms with E-state index in [1.54, 1.807) is 16.4 Å². The van der Waals surface area contributed by atoms with Gasteiger partial charge in [0.1, 0.15) is 0 Å². The zero-order valence-corrected chi connectivity index (χ0v) is 19.4. The van der Waals surface area contributed by atoms with Crippen molar-refractivity contribution < 1.29 is 18.1 Å². The summed E-state index contributed by atoms with van der Waals surface area (Å²) in [5.41, 5.74) is 0. The van der Waals surface area contributed by atoms with Gasteiger partial charge >= 0.3 is 0 Å². The van der Waals surface area contributed by atoms with E-state index in [1.807, 2.05) is 69.9 Å². The normalized spacial score (nSPS) is 17.6. The Morgan fingerprint density at radius 2 is 1.50 bits per heavy atom. The number of carbonyl (C=O) groups is 1. The summed E-state index contributed by atoms with van der Waals surface area (Å²) in [5.74, 6) is 0.140. The summed E-state index contributed by atoms with van der Waals surface area (Å²) < 4.78 is 27.9. The third-order valence-corrected chi connectivity index (χ3v) is 7.97. The van der Waals surface area contributed by atoms with Crippen LogP contribution < -0.4 is 4.90 Å². The van der Waals surface area contributed by atoms with E-state index in [-0.39, 0.29) is 24.0 Å². The summed E-state index contributed by atoms with van der Waals surface area (Å²) in [4.78, 5) is 16.4. The van der Waals surface area contributed by atoms with Crippen LogP contribution in [-0.2, 0) is 14.8 Å². The number of fused-ring (bicyclic) bond motifs is 1. The lowest BCUT2D eigenvalue weighted by Crippen LogP contribution is -3.19. The molecule has 3 rings (SSSR count). The topological polar surface area (TPSA) is 62.1 Å². The number of rotatable bonds is 6. The number of hydrogen-bond acceptors (Lipinski definition) is 3. The maximum Gasteiger partial charge on any atom is 0.281 e. The Kier molecular flexibility index (Phi) is 6.84. The number of sulfonamides is 1. The maximum absolute atomic E-state index is 13.2. The van der Waals surface area contributed by atoms with Crippen molar-refractivity contribution in [2.24, 2.45) is 0 Å². The molecular weight excluding hydrogens is 398 g/mol. The first-order chi connectivity index (χ1) is 14.1. The fourth-order valence-electron chi connectivity index (χ4n) is 4.43. The molecule has 1 saturated heterocycles. The first-order valence-electron chi connectivity index (χ1n) is 10.8. The number of piperazine rings is 1. The highest BCUT2D eigenvalue weighted by molar-refractivity contribution is 7.89. The Morgan fingerprint density at radius 1 is 0.933 bits per heavy atom. The Hall–Kier alpha value is -1.96. The molecule has 0 spiro atoms. The smallest absolute Gasteiger partial charge is 0.281 e. The summed E-state index contributed by atoms with van der Waals surface area (Å²) in [6, 6.07) is 13.2. The van der Waals surface area contributed by atoms with Crippen molar-refractivity contribution in [2.75, 3.05) is 26.2 Å². The third-order valence-electron chi connectivity index (χ3n) is 6.07. The molecule has 0 aliphatic carbocycles. The Morgan fingerprint density at radius 3 is 2.07 bits per heavy atom. The molecular formula is C23H34N3O3S+. The fraction of sp³-hybridized carbons (Fsp3) is 0.522. The van der Waals surface area contributed by atoms with Gasteiger partial charge in [0.2, 0.25) is 10.0 Å². The molecule has 1 fully saturated rings. The SMILES string of the molecule is CC(C)N(C(=O)[C@@H](C)[NH+]1CCN(S(=O)(=O)c2ccc3ccccc3c2)CC1)C(C)C. The van der Waals surface area contributed by atoms with Gasteiger partial charge in [0.05, 0.1) is 31.1 Å². The molecule has 30 heavy (non-hydrogen) atoms. The fourth-order valence-corrected chi connectivity index (χ4v) is 5.90. The van der Waals surface area contributed by atoms with E-state index in [2.05, 4.69) is 0 Å². The number of nitrogens with one attached hydrogen (secondary N) is 1. The standard InChI is InChI=1S/C23H33N3O3S/c1-17(2)26(18(3)4)23(27)19(5)24-12-14-25(15-13-24)30(28,29)22-11-10-20-8-6-7-9-21(20)16-22/h6-11,16-19H,12-15H2,1-5H3/p+1/t19-/m1/s1. The Bertz CT molecular complexity index is 988. The van der Waals surface area contributed by atoms with Crippen LogP contribution in [0.15, 0.2) is 47.4 Å². The van der Waals surface area contributed by atoms with E-state index in [0.29, 0.717) is 31.1 Å². The minimum Gasteiger partial charge on any atom is -0.333 e. The molecule has 7 heteroatoms. The predicted molar refractivity (Wildman–Crippen MR) is 120 cm³/mol. The number of amides is 1. The van der Waals surface area contributed by atoms with Gasteiger partial charge in [0.15, 0.2) is 6.04 Å². The lowest BCUT2D eigenvalue weighted by Gasteiger charge is -2.38. The van der Waals surface area contributed by atoms with Crippen molar-refractivity contribution in [1.29, 1.82) is 0 Å². The zero-order chi connectivity index (χ0) is 22.1. The molecule has 6 nitrogen and oxygen atoms in total. The molecule has 2 aromatic rings. The van der Waals surface area contributed by atoms with Gasteiger partial charge in [-0.1, -0.05) is 30.3 Å². The molecule has 164 valence electrons. The summed E-state index contributed by atoms with van der Waals surface area (Å²) >= 11 is 0. The Labute approximate surface area is 180 Å². The summed E-state index contributed by atoms with van der Waals surface area (Å²) in [6.45, 7) is 12.2. The first kappa shape index (κ1) is 22.7. The molecule has 1 amide bonds. The molecule has 2 aromatic carbocycles. The maximum atomic E-state index is 13.2. The lowest BCUT2D eigenvalue weighted by molar-refractivity contribution is -0.918.